The first kappa shape index (κ1) is 10.5. The van der Waals surface area contributed by atoms with E-state index in [2.05, 4.69) is 0 Å². The van der Waals surface area contributed by atoms with Gasteiger partial charge in [-0.15, -0.1) is 0 Å². The van der Waals surface area contributed by atoms with Gasteiger partial charge < -0.3 is 15.9 Å². The predicted molar refractivity (Wildman–Crippen MR) is 52.0 cm³/mol. The van der Waals surface area contributed by atoms with E-state index in [1.807, 2.05) is 0 Å². The Bertz CT molecular complexity index is 347. The highest BCUT2D eigenvalue weighted by atomic mass is 16.4. The zero-order valence-corrected chi connectivity index (χ0v) is 7.90. The Morgan fingerprint density at radius 3 is 2.64 bits per heavy atom. The van der Waals surface area contributed by atoms with Crippen LogP contribution >= 0.6 is 0 Å². The van der Waals surface area contributed by atoms with Gasteiger partial charge in [-0.2, -0.15) is 0 Å². The molecule has 0 unspecified atom stereocenters. The maximum absolute atomic E-state index is 10.4. The molecule has 1 atom stereocenters. The van der Waals surface area contributed by atoms with Crippen molar-refractivity contribution in [2.24, 2.45) is 5.73 Å². The van der Waals surface area contributed by atoms with E-state index in [1.165, 1.54) is 6.07 Å². The molecule has 0 aliphatic carbocycles. The van der Waals surface area contributed by atoms with E-state index >= 15 is 0 Å². The van der Waals surface area contributed by atoms with Gasteiger partial charge in [0, 0.05) is 11.6 Å². The molecule has 76 valence electrons. The summed E-state index contributed by atoms with van der Waals surface area (Å²) in [4.78, 5) is 10.4. The van der Waals surface area contributed by atoms with Gasteiger partial charge in [0.25, 0.3) is 0 Å². The molecular formula is C10H13NO3. The molecular weight excluding hydrogens is 182 g/mol. The number of carboxylic acids is 1. The number of phenolic OH excluding ortho intramolecular Hbond substituents is 1. The second-order valence-electron chi connectivity index (χ2n) is 3.25. The summed E-state index contributed by atoms with van der Waals surface area (Å²) in [6.45, 7) is 1.76. The quantitative estimate of drug-likeness (QED) is 0.672. The molecule has 4 N–H and O–H groups in total. The molecule has 0 aliphatic rings. The van der Waals surface area contributed by atoms with Crippen molar-refractivity contribution in [2.45, 2.75) is 19.4 Å². The summed E-state index contributed by atoms with van der Waals surface area (Å²) in [6, 6.07) is 4.49. The molecule has 0 fully saturated rings. The Labute approximate surface area is 82.0 Å². The van der Waals surface area contributed by atoms with E-state index in [0.717, 1.165) is 0 Å². The lowest BCUT2D eigenvalue weighted by atomic mass is 10.0. The summed E-state index contributed by atoms with van der Waals surface area (Å²) < 4.78 is 0. The number of carbonyl (C=O) groups is 1. The number of aromatic hydroxyl groups is 1. The Kier molecular flexibility index (Phi) is 3.09. The fourth-order valence-electron chi connectivity index (χ4n) is 1.26. The minimum Gasteiger partial charge on any atom is -0.508 e. The van der Waals surface area contributed by atoms with Crippen LogP contribution < -0.4 is 5.73 Å². The van der Waals surface area contributed by atoms with E-state index < -0.39 is 5.97 Å². The summed E-state index contributed by atoms with van der Waals surface area (Å²) in [5, 5.41) is 18.0. The highest BCUT2D eigenvalue weighted by molar-refractivity contribution is 5.70. The van der Waals surface area contributed by atoms with E-state index in [-0.39, 0.29) is 18.2 Å². The van der Waals surface area contributed by atoms with Crippen molar-refractivity contribution >= 4 is 5.97 Å². The lowest BCUT2D eigenvalue weighted by Gasteiger charge is -2.09. The standard InChI is InChI=1S/C10H13NO3/c1-6(11)8-3-2-7(4-9(8)12)5-10(13)14/h2-4,6,12H,5,11H2,1H3,(H,13,14)/t6-/m0/s1. The number of benzene rings is 1. The van der Waals surface area contributed by atoms with Crippen LogP contribution in [0.5, 0.6) is 5.75 Å². The zero-order valence-electron chi connectivity index (χ0n) is 7.90. The van der Waals surface area contributed by atoms with Crippen LogP contribution in [0.3, 0.4) is 0 Å². The van der Waals surface area contributed by atoms with Gasteiger partial charge in [0.15, 0.2) is 0 Å². The van der Waals surface area contributed by atoms with Crippen LogP contribution in [-0.4, -0.2) is 16.2 Å². The Balaban J connectivity index is 2.94. The third kappa shape index (κ3) is 2.47. The first-order valence-corrected chi connectivity index (χ1v) is 4.30. The van der Waals surface area contributed by atoms with Crippen molar-refractivity contribution in [2.75, 3.05) is 0 Å². The number of aliphatic carboxylic acids is 1. The summed E-state index contributed by atoms with van der Waals surface area (Å²) >= 11 is 0. The Hall–Kier alpha value is -1.55. The van der Waals surface area contributed by atoms with Gasteiger partial charge >= 0.3 is 5.97 Å². The van der Waals surface area contributed by atoms with Crippen LogP contribution in [0.1, 0.15) is 24.1 Å². The van der Waals surface area contributed by atoms with Gasteiger partial charge in [-0.3, -0.25) is 4.79 Å². The highest BCUT2D eigenvalue weighted by Gasteiger charge is 2.08. The second-order valence-corrected chi connectivity index (χ2v) is 3.25. The van der Waals surface area contributed by atoms with Crippen LogP contribution in [0, 0.1) is 0 Å². The summed E-state index contributed by atoms with van der Waals surface area (Å²) in [6.07, 6.45) is -0.0905. The first-order valence-electron chi connectivity index (χ1n) is 4.30. The second kappa shape index (κ2) is 4.11. The molecule has 0 saturated heterocycles. The molecule has 0 aliphatic heterocycles. The minimum atomic E-state index is -0.919. The van der Waals surface area contributed by atoms with Crippen LogP contribution in [0.25, 0.3) is 0 Å². The molecule has 0 bridgehead atoms. The van der Waals surface area contributed by atoms with Gasteiger partial charge in [0.05, 0.1) is 6.42 Å². The van der Waals surface area contributed by atoms with Crippen LogP contribution in [-0.2, 0) is 11.2 Å². The monoisotopic (exact) mass is 195 g/mol. The van der Waals surface area contributed by atoms with E-state index in [9.17, 15) is 9.90 Å². The van der Waals surface area contributed by atoms with Crippen LogP contribution in [0.4, 0.5) is 0 Å². The third-order valence-corrected chi connectivity index (χ3v) is 1.94. The maximum atomic E-state index is 10.4. The number of nitrogens with two attached hydrogens (primary N) is 1. The largest absolute Gasteiger partial charge is 0.508 e. The fraction of sp³-hybridized carbons (Fsp3) is 0.300. The molecule has 1 aromatic carbocycles. The SMILES string of the molecule is C[C@H](N)c1ccc(CC(=O)O)cc1O. The molecule has 14 heavy (non-hydrogen) atoms. The first-order chi connectivity index (χ1) is 6.50. The van der Waals surface area contributed by atoms with E-state index in [1.54, 1.807) is 19.1 Å². The number of hydrogen-bond donors (Lipinski definition) is 3. The molecule has 4 nitrogen and oxygen atoms in total. The van der Waals surface area contributed by atoms with Crippen molar-refractivity contribution in [1.29, 1.82) is 0 Å². The molecule has 0 spiro atoms. The average Bonchev–Trinajstić information content (AvgIpc) is 2.01. The van der Waals surface area contributed by atoms with Crippen molar-refractivity contribution in [3.05, 3.63) is 29.3 Å². The van der Waals surface area contributed by atoms with Crippen LogP contribution in [0.2, 0.25) is 0 Å². The van der Waals surface area contributed by atoms with Gasteiger partial charge in [0.2, 0.25) is 0 Å². The minimum absolute atomic E-state index is 0.0544. The average molecular weight is 195 g/mol. The van der Waals surface area contributed by atoms with Crippen molar-refractivity contribution in [3.63, 3.8) is 0 Å². The number of carboxylic acid groups (broad SMARTS) is 1. The summed E-state index contributed by atoms with van der Waals surface area (Å²) in [5.41, 5.74) is 6.78. The summed E-state index contributed by atoms with van der Waals surface area (Å²) in [7, 11) is 0. The third-order valence-electron chi connectivity index (χ3n) is 1.94. The van der Waals surface area contributed by atoms with Crippen molar-refractivity contribution < 1.29 is 15.0 Å². The molecule has 4 heteroatoms. The number of rotatable bonds is 3. The Morgan fingerprint density at radius 2 is 2.21 bits per heavy atom. The topological polar surface area (TPSA) is 83.6 Å². The number of phenols is 1. The molecule has 0 saturated carbocycles. The molecule has 0 amide bonds. The molecule has 1 rings (SSSR count). The molecule has 0 heterocycles. The highest BCUT2D eigenvalue weighted by Crippen LogP contribution is 2.23. The zero-order chi connectivity index (χ0) is 10.7. The van der Waals surface area contributed by atoms with E-state index in [0.29, 0.717) is 11.1 Å². The molecule has 0 aromatic heterocycles. The predicted octanol–water partition coefficient (Wildman–Crippen LogP) is 1.04. The maximum Gasteiger partial charge on any atom is 0.307 e. The van der Waals surface area contributed by atoms with Gasteiger partial charge in [-0.1, -0.05) is 12.1 Å². The number of hydrogen-bond acceptors (Lipinski definition) is 3. The van der Waals surface area contributed by atoms with Crippen molar-refractivity contribution in [1.82, 2.24) is 0 Å². The smallest absolute Gasteiger partial charge is 0.307 e. The molecule has 0 radical (unpaired) electrons. The lowest BCUT2D eigenvalue weighted by molar-refractivity contribution is -0.136. The Morgan fingerprint density at radius 1 is 1.57 bits per heavy atom. The van der Waals surface area contributed by atoms with E-state index in [4.69, 9.17) is 10.8 Å². The molecule has 1 aromatic rings. The lowest BCUT2D eigenvalue weighted by Crippen LogP contribution is -2.06. The van der Waals surface area contributed by atoms with Gasteiger partial charge in [-0.05, 0) is 18.6 Å². The van der Waals surface area contributed by atoms with Gasteiger partial charge in [-0.25, -0.2) is 0 Å². The van der Waals surface area contributed by atoms with Gasteiger partial charge in [0.1, 0.15) is 5.75 Å². The van der Waals surface area contributed by atoms with Crippen LogP contribution in [0.15, 0.2) is 18.2 Å². The fourth-order valence-corrected chi connectivity index (χ4v) is 1.26. The van der Waals surface area contributed by atoms with Crippen molar-refractivity contribution in [3.8, 4) is 5.75 Å². The normalized spacial score (nSPS) is 12.4. The summed E-state index contributed by atoms with van der Waals surface area (Å²) in [5.74, 6) is -0.864.